The molecule has 0 radical (unpaired) electrons. The first-order chi connectivity index (χ1) is 27.5. The van der Waals surface area contributed by atoms with Crippen LogP contribution in [0.25, 0.3) is 82.9 Å². The van der Waals surface area contributed by atoms with E-state index in [0.717, 1.165) is 40.5 Å². The Morgan fingerprint density at radius 2 is 1.11 bits per heavy atom. The van der Waals surface area contributed by atoms with Crippen molar-refractivity contribution in [2.24, 2.45) is 0 Å². The molecule has 2 aliphatic carbocycles. The molecule has 2 aromatic heterocycles. The molecule has 0 aliphatic heterocycles. The predicted octanol–water partition coefficient (Wildman–Crippen LogP) is 13.0. The Balaban J connectivity index is 1.19. The third kappa shape index (κ3) is 4.40. The summed E-state index contributed by atoms with van der Waals surface area (Å²) in [4.78, 5) is 11.0. The monoisotopic (exact) mass is 715 g/mol. The second kappa shape index (κ2) is 11.6. The molecule has 0 N–H and O–H groups in total. The summed E-state index contributed by atoms with van der Waals surface area (Å²) in [5.41, 5.74) is 18.5. The number of hydrogen-bond acceptors (Lipinski definition) is 2. The van der Waals surface area contributed by atoms with Crippen molar-refractivity contribution in [1.82, 2.24) is 14.5 Å². The molecule has 0 saturated heterocycles. The zero-order valence-corrected chi connectivity index (χ0v) is 31.3. The number of hydrogen-bond donors (Lipinski definition) is 0. The minimum Gasteiger partial charge on any atom is -0.278 e. The molecule has 0 amide bonds. The number of benzene rings is 8. The van der Waals surface area contributed by atoms with Crippen molar-refractivity contribution < 1.29 is 0 Å². The molecule has 0 fully saturated rings. The zero-order valence-electron chi connectivity index (χ0n) is 31.3. The fourth-order valence-corrected chi connectivity index (χ4v) is 10.1. The lowest BCUT2D eigenvalue weighted by Gasteiger charge is -2.25. The Morgan fingerprint density at radius 3 is 1.89 bits per heavy atom. The number of rotatable bonds is 3. The SMILES string of the molecule is CC1(C)c2ccccc2-c2c1c1c(c3cc4c(cc23)Cc2ccccc2C4)c2ccccc2n1-c1nc(-c2ccc(-c3ccccc3)cc2)c2ccccc2n1. The average Bonchev–Trinajstić information content (AvgIpc) is 3.71. The van der Waals surface area contributed by atoms with E-state index >= 15 is 0 Å². The Labute approximate surface area is 325 Å². The quantitative estimate of drug-likeness (QED) is 0.182. The summed E-state index contributed by atoms with van der Waals surface area (Å²) in [5, 5.41) is 6.19. The van der Waals surface area contributed by atoms with Gasteiger partial charge in [-0.1, -0.05) is 153 Å². The molecular weight excluding hydrogens is 679 g/mol. The maximum Gasteiger partial charge on any atom is 0.235 e. The number of para-hydroxylation sites is 2. The van der Waals surface area contributed by atoms with E-state index in [4.69, 9.17) is 9.97 Å². The van der Waals surface area contributed by atoms with Gasteiger partial charge in [0.25, 0.3) is 0 Å². The molecule has 2 heterocycles. The van der Waals surface area contributed by atoms with E-state index in [-0.39, 0.29) is 5.41 Å². The average molecular weight is 716 g/mol. The van der Waals surface area contributed by atoms with E-state index in [9.17, 15) is 0 Å². The first-order valence-electron chi connectivity index (χ1n) is 19.7. The maximum atomic E-state index is 5.57. The van der Waals surface area contributed by atoms with Crippen molar-refractivity contribution in [3.63, 3.8) is 0 Å². The van der Waals surface area contributed by atoms with Gasteiger partial charge >= 0.3 is 0 Å². The molecule has 12 rings (SSSR count). The molecular formula is C53H37N3. The van der Waals surface area contributed by atoms with Gasteiger partial charge in [-0.2, -0.15) is 0 Å². The molecule has 56 heavy (non-hydrogen) atoms. The van der Waals surface area contributed by atoms with E-state index < -0.39 is 0 Å². The van der Waals surface area contributed by atoms with Crippen LogP contribution in [0.2, 0.25) is 0 Å². The molecule has 3 nitrogen and oxygen atoms in total. The normalized spacial score (nSPS) is 13.9. The molecule has 2 aliphatic rings. The molecule has 8 aromatic carbocycles. The van der Waals surface area contributed by atoms with Crippen LogP contribution in [0.15, 0.2) is 164 Å². The lowest BCUT2D eigenvalue weighted by molar-refractivity contribution is 0.664. The van der Waals surface area contributed by atoms with Crippen LogP contribution in [-0.4, -0.2) is 14.5 Å². The largest absolute Gasteiger partial charge is 0.278 e. The van der Waals surface area contributed by atoms with Crippen LogP contribution in [0.1, 0.15) is 47.2 Å². The maximum absolute atomic E-state index is 5.57. The smallest absolute Gasteiger partial charge is 0.235 e. The van der Waals surface area contributed by atoms with Crippen LogP contribution in [0.3, 0.4) is 0 Å². The van der Waals surface area contributed by atoms with Crippen LogP contribution in [0.5, 0.6) is 0 Å². The summed E-state index contributed by atoms with van der Waals surface area (Å²) in [6.07, 6.45) is 1.90. The van der Waals surface area contributed by atoms with Crippen LogP contribution in [0, 0.1) is 0 Å². The molecule has 0 unspecified atom stereocenters. The van der Waals surface area contributed by atoms with Gasteiger partial charge in [-0.15, -0.1) is 0 Å². The second-order valence-electron chi connectivity index (χ2n) is 16.1. The molecule has 0 atom stereocenters. The topological polar surface area (TPSA) is 30.7 Å². The van der Waals surface area contributed by atoms with Gasteiger partial charge in [0.2, 0.25) is 5.95 Å². The Bertz CT molecular complexity index is 3260. The van der Waals surface area contributed by atoms with Crippen LogP contribution >= 0.6 is 0 Å². The number of nitrogens with zero attached hydrogens (tertiary/aromatic N) is 3. The van der Waals surface area contributed by atoms with E-state index in [2.05, 4.69) is 182 Å². The van der Waals surface area contributed by atoms with Gasteiger partial charge < -0.3 is 0 Å². The van der Waals surface area contributed by atoms with Crippen molar-refractivity contribution >= 4 is 43.5 Å². The lowest BCUT2D eigenvalue weighted by Crippen LogP contribution is -2.17. The van der Waals surface area contributed by atoms with E-state index in [0.29, 0.717) is 5.95 Å². The van der Waals surface area contributed by atoms with E-state index in [1.54, 1.807) is 0 Å². The number of fused-ring (bicyclic) bond motifs is 13. The Morgan fingerprint density at radius 1 is 0.500 bits per heavy atom. The van der Waals surface area contributed by atoms with Gasteiger partial charge in [0.15, 0.2) is 0 Å². The zero-order chi connectivity index (χ0) is 37.1. The van der Waals surface area contributed by atoms with Crippen LogP contribution in [0.4, 0.5) is 0 Å². The highest BCUT2D eigenvalue weighted by Gasteiger charge is 2.40. The van der Waals surface area contributed by atoms with Gasteiger partial charge in [0.05, 0.1) is 22.2 Å². The first-order valence-corrected chi connectivity index (χ1v) is 19.7. The molecule has 0 bridgehead atoms. The third-order valence-electron chi connectivity index (χ3n) is 12.7. The van der Waals surface area contributed by atoms with Crippen molar-refractivity contribution in [3.05, 3.63) is 197 Å². The minimum absolute atomic E-state index is 0.264. The van der Waals surface area contributed by atoms with Crippen LogP contribution in [-0.2, 0) is 18.3 Å². The van der Waals surface area contributed by atoms with Gasteiger partial charge in [-0.3, -0.25) is 4.57 Å². The van der Waals surface area contributed by atoms with Crippen molar-refractivity contribution in [3.8, 4) is 39.5 Å². The van der Waals surface area contributed by atoms with Gasteiger partial charge in [0, 0.05) is 27.1 Å². The van der Waals surface area contributed by atoms with Crippen molar-refractivity contribution in [2.45, 2.75) is 32.1 Å². The first kappa shape index (κ1) is 31.5. The van der Waals surface area contributed by atoms with Gasteiger partial charge in [0.1, 0.15) is 0 Å². The molecule has 3 heteroatoms. The van der Waals surface area contributed by atoms with Crippen molar-refractivity contribution in [2.75, 3.05) is 0 Å². The van der Waals surface area contributed by atoms with Gasteiger partial charge in [-0.05, 0) is 104 Å². The van der Waals surface area contributed by atoms with E-state index in [1.807, 2.05) is 0 Å². The highest BCUT2D eigenvalue weighted by Crippen LogP contribution is 2.56. The highest BCUT2D eigenvalue weighted by molar-refractivity contribution is 6.27. The summed E-state index contributed by atoms with van der Waals surface area (Å²) in [6, 6.07) is 59.8. The molecule has 0 spiro atoms. The van der Waals surface area contributed by atoms with Gasteiger partial charge in [-0.25, -0.2) is 9.97 Å². The molecule has 0 saturated carbocycles. The second-order valence-corrected chi connectivity index (χ2v) is 16.1. The van der Waals surface area contributed by atoms with Crippen LogP contribution < -0.4 is 0 Å². The summed E-state index contributed by atoms with van der Waals surface area (Å²) < 4.78 is 2.39. The summed E-state index contributed by atoms with van der Waals surface area (Å²) in [5.74, 6) is 0.692. The lowest BCUT2D eigenvalue weighted by atomic mass is 9.79. The Hall–Kier alpha value is -6.84. The minimum atomic E-state index is -0.264. The molecule has 264 valence electrons. The fraction of sp³-hybridized carbons (Fsp3) is 0.0943. The highest BCUT2D eigenvalue weighted by atomic mass is 15.2. The standard InChI is InChI=1S/C53H37N3/c1-53(2)44-21-11-8-18-39(44)47-42-30-37-28-35-16-6-7-17-36(35)29-38(37)31-43(42)48-41-20-10-13-23-46(41)56(51(48)49(47)53)52-54-45-22-12-9-19-40(45)50(55-52)34-26-24-33(25-27-34)32-14-4-3-5-15-32/h3-27,30-31H,28-29H2,1-2H3. The van der Waals surface area contributed by atoms with Crippen molar-refractivity contribution in [1.29, 1.82) is 0 Å². The summed E-state index contributed by atoms with van der Waals surface area (Å²) in [7, 11) is 0. The summed E-state index contributed by atoms with van der Waals surface area (Å²) >= 11 is 0. The Kier molecular flexibility index (Phi) is 6.52. The van der Waals surface area contributed by atoms with E-state index in [1.165, 1.54) is 82.7 Å². The third-order valence-corrected chi connectivity index (χ3v) is 12.7. The molecule has 10 aromatic rings. The fourth-order valence-electron chi connectivity index (χ4n) is 10.1. The number of aromatic nitrogens is 3. The predicted molar refractivity (Wildman–Crippen MR) is 232 cm³/mol. The summed E-state index contributed by atoms with van der Waals surface area (Å²) in [6.45, 7) is 4.81.